The van der Waals surface area contributed by atoms with Gasteiger partial charge in [0.25, 0.3) is 0 Å². The molecule has 0 N–H and O–H groups in total. The number of rotatable bonds is 2. The summed E-state index contributed by atoms with van der Waals surface area (Å²) in [6.45, 7) is 7.26. The van der Waals surface area contributed by atoms with Gasteiger partial charge < -0.3 is 0 Å². The van der Waals surface area contributed by atoms with Crippen LogP contribution >= 0.6 is 0 Å². The van der Waals surface area contributed by atoms with Crippen molar-refractivity contribution in [3.05, 3.63) is 0 Å². The van der Waals surface area contributed by atoms with Crippen LogP contribution in [0.2, 0.25) is 0 Å². The minimum Gasteiger partial charge on any atom is -0.298 e. The summed E-state index contributed by atoms with van der Waals surface area (Å²) in [6.07, 6.45) is 1.05. The zero-order valence-corrected chi connectivity index (χ0v) is 8.50. The van der Waals surface area contributed by atoms with Gasteiger partial charge in [-0.2, -0.15) is 0 Å². The molecule has 0 aliphatic carbocycles. The van der Waals surface area contributed by atoms with Crippen LogP contribution in [0.25, 0.3) is 0 Å². The minimum atomic E-state index is 0.183. The highest BCUT2D eigenvalue weighted by atomic mass is 16.1. The summed E-state index contributed by atoms with van der Waals surface area (Å²) >= 11 is 0. The van der Waals surface area contributed by atoms with Crippen LogP contribution in [-0.4, -0.2) is 30.3 Å². The van der Waals surface area contributed by atoms with Crippen molar-refractivity contribution in [2.45, 2.75) is 33.2 Å². The first kappa shape index (κ1) is 9.72. The zero-order chi connectivity index (χ0) is 9.30. The standard InChI is InChI=1S/C10H19NO/c1-7(2)10(12)9-5-8(3)6-11(9)4/h7-9H,5-6H2,1-4H3/t8-,9+/m1/s1. The SMILES string of the molecule is CC(C)C(=O)[C@@H]1C[C@@H](C)CN1C. The van der Waals surface area contributed by atoms with Crippen molar-refractivity contribution in [1.29, 1.82) is 0 Å². The van der Waals surface area contributed by atoms with Crippen molar-refractivity contribution in [3.63, 3.8) is 0 Å². The van der Waals surface area contributed by atoms with Crippen molar-refractivity contribution in [3.8, 4) is 0 Å². The fraction of sp³-hybridized carbons (Fsp3) is 0.900. The highest BCUT2D eigenvalue weighted by Gasteiger charge is 2.32. The van der Waals surface area contributed by atoms with Gasteiger partial charge in [0.05, 0.1) is 6.04 Å². The average molecular weight is 169 g/mol. The Morgan fingerprint density at radius 1 is 1.50 bits per heavy atom. The molecular weight excluding hydrogens is 150 g/mol. The molecule has 2 nitrogen and oxygen atoms in total. The summed E-state index contributed by atoms with van der Waals surface area (Å²) in [5.74, 6) is 1.27. The molecule has 0 spiro atoms. The third-order valence-electron chi connectivity index (χ3n) is 2.65. The number of Topliss-reactive ketones (excluding diaryl/α,β-unsaturated/α-hetero) is 1. The maximum Gasteiger partial charge on any atom is 0.152 e. The average Bonchev–Trinajstić information content (AvgIpc) is 2.28. The van der Waals surface area contributed by atoms with E-state index in [9.17, 15) is 4.79 Å². The Balaban J connectivity index is 2.58. The number of carbonyl (C=O) groups excluding carboxylic acids is 1. The molecule has 0 bridgehead atoms. The topological polar surface area (TPSA) is 20.3 Å². The van der Waals surface area contributed by atoms with Crippen LogP contribution in [0.15, 0.2) is 0 Å². The second-order valence-electron chi connectivity index (χ2n) is 4.35. The van der Waals surface area contributed by atoms with Gasteiger partial charge in [0, 0.05) is 12.5 Å². The van der Waals surface area contributed by atoms with Crippen LogP contribution < -0.4 is 0 Å². The van der Waals surface area contributed by atoms with E-state index in [1.165, 1.54) is 0 Å². The van der Waals surface area contributed by atoms with Gasteiger partial charge >= 0.3 is 0 Å². The number of nitrogens with zero attached hydrogens (tertiary/aromatic N) is 1. The van der Waals surface area contributed by atoms with Crippen molar-refractivity contribution >= 4 is 5.78 Å². The summed E-state index contributed by atoms with van der Waals surface area (Å²) < 4.78 is 0. The van der Waals surface area contributed by atoms with Gasteiger partial charge in [-0.05, 0) is 19.4 Å². The zero-order valence-electron chi connectivity index (χ0n) is 8.50. The van der Waals surface area contributed by atoms with Crippen LogP contribution in [-0.2, 0) is 4.79 Å². The van der Waals surface area contributed by atoms with Crippen LogP contribution in [0, 0.1) is 11.8 Å². The number of hydrogen-bond donors (Lipinski definition) is 0. The summed E-state index contributed by atoms with van der Waals surface area (Å²) in [5.41, 5.74) is 0. The van der Waals surface area contributed by atoms with Gasteiger partial charge in [-0.25, -0.2) is 0 Å². The summed E-state index contributed by atoms with van der Waals surface area (Å²) in [5, 5.41) is 0. The molecule has 12 heavy (non-hydrogen) atoms. The van der Waals surface area contributed by atoms with E-state index in [1.807, 2.05) is 13.8 Å². The number of likely N-dealkylation sites (tertiary alicyclic amines) is 1. The normalized spacial score (nSPS) is 31.4. The summed E-state index contributed by atoms with van der Waals surface area (Å²) in [4.78, 5) is 13.8. The van der Waals surface area contributed by atoms with E-state index in [-0.39, 0.29) is 12.0 Å². The van der Waals surface area contributed by atoms with Crippen LogP contribution in [0.5, 0.6) is 0 Å². The number of likely N-dealkylation sites (N-methyl/N-ethyl adjacent to an activating group) is 1. The molecule has 0 aromatic carbocycles. The molecule has 0 saturated carbocycles. The van der Waals surface area contributed by atoms with Gasteiger partial charge in [-0.3, -0.25) is 9.69 Å². The Kier molecular flexibility index (Phi) is 2.89. The van der Waals surface area contributed by atoms with E-state index in [1.54, 1.807) is 0 Å². The molecule has 0 radical (unpaired) electrons. The van der Waals surface area contributed by atoms with Gasteiger partial charge in [-0.1, -0.05) is 20.8 Å². The number of carbonyl (C=O) groups is 1. The lowest BCUT2D eigenvalue weighted by atomic mass is 9.98. The second-order valence-corrected chi connectivity index (χ2v) is 4.35. The molecule has 1 saturated heterocycles. The molecule has 70 valence electrons. The van der Waals surface area contributed by atoms with Crippen molar-refractivity contribution in [2.24, 2.45) is 11.8 Å². The third kappa shape index (κ3) is 1.86. The van der Waals surface area contributed by atoms with E-state index in [0.29, 0.717) is 11.7 Å². The second kappa shape index (κ2) is 3.56. The Labute approximate surface area is 74.9 Å². The molecule has 0 aromatic rings. The van der Waals surface area contributed by atoms with Gasteiger partial charge in [0.1, 0.15) is 0 Å². The maximum absolute atomic E-state index is 11.7. The molecular formula is C10H19NO. The number of ketones is 1. The van der Waals surface area contributed by atoms with E-state index in [4.69, 9.17) is 0 Å². The largest absolute Gasteiger partial charge is 0.298 e. The van der Waals surface area contributed by atoms with Gasteiger partial charge in [-0.15, -0.1) is 0 Å². The molecule has 1 heterocycles. The summed E-state index contributed by atoms with van der Waals surface area (Å²) in [6, 6.07) is 0.194. The van der Waals surface area contributed by atoms with E-state index in [2.05, 4.69) is 18.9 Å². The maximum atomic E-state index is 11.7. The van der Waals surface area contributed by atoms with E-state index >= 15 is 0 Å². The molecule has 0 aromatic heterocycles. The van der Waals surface area contributed by atoms with E-state index in [0.717, 1.165) is 13.0 Å². The molecule has 1 aliphatic heterocycles. The third-order valence-corrected chi connectivity index (χ3v) is 2.65. The van der Waals surface area contributed by atoms with Gasteiger partial charge in [0.2, 0.25) is 0 Å². The highest BCUT2D eigenvalue weighted by Crippen LogP contribution is 2.23. The highest BCUT2D eigenvalue weighted by molar-refractivity contribution is 5.85. The molecule has 1 fully saturated rings. The quantitative estimate of drug-likeness (QED) is 0.625. The monoisotopic (exact) mass is 169 g/mol. The fourth-order valence-corrected chi connectivity index (χ4v) is 1.97. The lowest BCUT2D eigenvalue weighted by Crippen LogP contribution is -2.35. The van der Waals surface area contributed by atoms with Gasteiger partial charge in [0.15, 0.2) is 5.78 Å². The van der Waals surface area contributed by atoms with Crippen LogP contribution in [0.4, 0.5) is 0 Å². The molecule has 0 unspecified atom stereocenters. The summed E-state index contributed by atoms with van der Waals surface area (Å²) in [7, 11) is 2.05. The Morgan fingerprint density at radius 2 is 2.08 bits per heavy atom. The Morgan fingerprint density at radius 3 is 2.42 bits per heavy atom. The molecule has 1 rings (SSSR count). The molecule has 0 amide bonds. The fourth-order valence-electron chi connectivity index (χ4n) is 1.97. The first-order valence-electron chi connectivity index (χ1n) is 4.76. The first-order chi connectivity index (χ1) is 5.52. The Bertz CT molecular complexity index is 177. The van der Waals surface area contributed by atoms with Crippen LogP contribution in [0.3, 0.4) is 0 Å². The Hall–Kier alpha value is -0.370. The first-order valence-corrected chi connectivity index (χ1v) is 4.76. The number of hydrogen-bond acceptors (Lipinski definition) is 2. The molecule has 2 atom stereocenters. The minimum absolute atomic E-state index is 0.183. The van der Waals surface area contributed by atoms with Crippen molar-refractivity contribution < 1.29 is 4.79 Å². The predicted octanol–water partition coefficient (Wildman–Crippen LogP) is 1.55. The predicted molar refractivity (Wildman–Crippen MR) is 50.0 cm³/mol. The van der Waals surface area contributed by atoms with E-state index < -0.39 is 0 Å². The lowest BCUT2D eigenvalue weighted by Gasteiger charge is -2.19. The molecule has 1 aliphatic rings. The smallest absolute Gasteiger partial charge is 0.152 e. The van der Waals surface area contributed by atoms with Crippen molar-refractivity contribution in [2.75, 3.05) is 13.6 Å². The van der Waals surface area contributed by atoms with Crippen LogP contribution in [0.1, 0.15) is 27.2 Å². The lowest BCUT2D eigenvalue weighted by molar-refractivity contribution is -0.125. The van der Waals surface area contributed by atoms with Crippen molar-refractivity contribution in [1.82, 2.24) is 4.90 Å². The molecule has 2 heteroatoms.